The van der Waals surface area contributed by atoms with Gasteiger partial charge >= 0.3 is 0 Å². The quantitative estimate of drug-likeness (QED) is 0.450. The predicted molar refractivity (Wildman–Crippen MR) is 128 cm³/mol. The van der Waals surface area contributed by atoms with Crippen molar-refractivity contribution in [1.29, 1.82) is 0 Å². The van der Waals surface area contributed by atoms with Gasteiger partial charge in [-0.2, -0.15) is 0 Å². The number of piperidine rings is 1. The van der Waals surface area contributed by atoms with Crippen LogP contribution >= 0.6 is 22.9 Å². The first-order valence-electron chi connectivity index (χ1n) is 10.8. The number of carbonyl (C=O) groups excluding carboxylic acids is 1. The van der Waals surface area contributed by atoms with Crippen LogP contribution in [0.15, 0.2) is 47.8 Å². The minimum absolute atomic E-state index is 0.117. The highest BCUT2D eigenvalue weighted by Crippen LogP contribution is 2.26. The van der Waals surface area contributed by atoms with Crippen molar-refractivity contribution in [3.63, 3.8) is 0 Å². The van der Waals surface area contributed by atoms with Gasteiger partial charge in [-0.25, -0.2) is 4.98 Å². The highest BCUT2D eigenvalue weighted by atomic mass is 35.5. The molecular formula is C25H27ClN2O3S. The average molecular weight is 471 g/mol. The molecule has 7 heteroatoms. The molecule has 1 aromatic heterocycles. The van der Waals surface area contributed by atoms with E-state index < -0.39 is 0 Å². The van der Waals surface area contributed by atoms with Crippen molar-refractivity contribution in [2.75, 3.05) is 13.1 Å². The summed E-state index contributed by atoms with van der Waals surface area (Å²) in [5.41, 5.74) is 3.11. The lowest BCUT2D eigenvalue weighted by molar-refractivity contribution is -0.132. The molecule has 0 bridgehead atoms. The molecule has 0 saturated carbocycles. The van der Waals surface area contributed by atoms with Crippen molar-refractivity contribution in [1.82, 2.24) is 9.88 Å². The van der Waals surface area contributed by atoms with Gasteiger partial charge in [-0.05, 0) is 49.2 Å². The fourth-order valence-electron chi connectivity index (χ4n) is 3.81. The van der Waals surface area contributed by atoms with Gasteiger partial charge in [0.2, 0.25) is 5.91 Å². The number of amides is 1. The van der Waals surface area contributed by atoms with Gasteiger partial charge in [0.05, 0.1) is 12.1 Å². The Morgan fingerprint density at radius 1 is 1.12 bits per heavy atom. The number of benzene rings is 2. The summed E-state index contributed by atoms with van der Waals surface area (Å²) in [7, 11) is 0. The number of likely N-dealkylation sites (tertiary alicyclic amines) is 1. The zero-order chi connectivity index (χ0) is 22.5. The van der Waals surface area contributed by atoms with Crippen molar-refractivity contribution in [2.45, 2.75) is 45.8 Å². The molecular weight excluding hydrogens is 444 g/mol. The third-order valence-corrected chi connectivity index (χ3v) is 6.72. The molecule has 3 aromatic rings. The van der Waals surface area contributed by atoms with E-state index in [0.29, 0.717) is 31.1 Å². The molecule has 0 unspecified atom stereocenters. The molecule has 0 atom stereocenters. The number of carbonyl (C=O) groups is 1. The largest absolute Gasteiger partial charge is 0.490 e. The number of nitrogens with zero attached hydrogens (tertiary/aromatic N) is 2. The van der Waals surface area contributed by atoms with Crippen molar-refractivity contribution in [3.05, 3.63) is 74.7 Å². The fourth-order valence-corrected chi connectivity index (χ4v) is 4.64. The summed E-state index contributed by atoms with van der Waals surface area (Å²) < 4.78 is 12.0. The summed E-state index contributed by atoms with van der Waals surface area (Å²) in [4.78, 5) is 19.3. The second kappa shape index (κ2) is 10.4. The van der Waals surface area contributed by atoms with Crippen molar-refractivity contribution in [3.8, 4) is 11.5 Å². The van der Waals surface area contributed by atoms with E-state index in [1.54, 1.807) is 12.1 Å². The van der Waals surface area contributed by atoms with Crippen LogP contribution in [0.5, 0.6) is 11.5 Å². The first-order chi connectivity index (χ1) is 15.5. The van der Waals surface area contributed by atoms with Crippen LogP contribution in [0.2, 0.25) is 5.02 Å². The van der Waals surface area contributed by atoms with Crippen LogP contribution in [0, 0.1) is 13.8 Å². The smallest absolute Gasteiger partial charge is 0.228 e. The molecule has 1 amide bonds. The third kappa shape index (κ3) is 5.81. The third-order valence-electron chi connectivity index (χ3n) is 5.60. The van der Waals surface area contributed by atoms with E-state index in [0.717, 1.165) is 46.2 Å². The maximum Gasteiger partial charge on any atom is 0.228 e. The molecule has 0 aliphatic carbocycles. The van der Waals surface area contributed by atoms with Gasteiger partial charge < -0.3 is 14.4 Å². The van der Waals surface area contributed by atoms with Gasteiger partial charge in [0, 0.05) is 36.3 Å². The van der Waals surface area contributed by atoms with Crippen molar-refractivity contribution in [2.24, 2.45) is 0 Å². The SMILES string of the molecule is Cc1cccc(C)c1OC1CCN(C(=O)Cc2csc(COc3ccc(Cl)cc3)n2)CC1. The Morgan fingerprint density at radius 3 is 2.50 bits per heavy atom. The summed E-state index contributed by atoms with van der Waals surface area (Å²) in [6, 6.07) is 13.4. The Balaban J connectivity index is 1.24. The lowest BCUT2D eigenvalue weighted by atomic mass is 10.1. The lowest BCUT2D eigenvalue weighted by Gasteiger charge is -2.32. The van der Waals surface area contributed by atoms with Gasteiger partial charge in [-0.3, -0.25) is 4.79 Å². The van der Waals surface area contributed by atoms with Gasteiger partial charge in [0.1, 0.15) is 29.2 Å². The van der Waals surface area contributed by atoms with Gasteiger partial charge in [0.25, 0.3) is 0 Å². The monoisotopic (exact) mass is 470 g/mol. The van der Waals surface area contributed by atoms with Gasteiger partial charge in [-0.1, -0.05) is 29.8 Å². The zero-order valence-electron chi connectivity index (χ0n) is 18.3. The Kier molecular flexibility index (Phi) is 7.33. The zero-order valence-corrected chi connectivity index (χ0v) is 19.9. The van der Waals surface area contributed by atoms with Gasteiger partial charge in [0.15, 0.2) is 0 Å². The van der Waals surface area contributed by atoms with E-state index in [2.05, 4.69) is 31.0 Å². The summed E-state index contributed by atoms with van der Waals surface area (Å²) >= 11 is 7.40. The van der Waals surface area contributed by atoms with Crippen LogP contribution in [0.3, 0.4) is 0 Å². The molecule has 1 saturated heterocycles. The van der Waals surface area contributed by atoms with Crippen LogP contribution in [-0.2, 0) is 17.8 Å². The summed E-state index contributed by atoms with van der Waals surface area (Å²) in [5.74, 6) is 1.84. The van der Waals surface area contributed by atoms with Crippen molar-refractivity contribution < 1.29 is 14.3 Å². The first-order valence-corrected chi connectivity index (χ1v) is 12.1. The molecule has 168 valence electrons. The molecule has 0 spiro atoms. The Hall–Kier alpha value is -2.57. The Bertz CT molecular complexity index is 1040. The van der Waals surface area contributed by atoms with Crippen LogP contribution in [-0.4, -0.2) is 35.0 Å². The molecule has 2 aromatic carbocycles. The number of hydrogen-bond donors (Lipinski definition) is 0. The van der Waals surface area contributed by atoms with E-state index in [1.807, 2.05) is 28.5 Å². The topological polar surface area (TPSA) is 51.7 Å². The molecule has 2 heterocycles. The second-order valence-corrected chi connectivity index (χ2v) is 9.45. The summed E-state index contributed by atoms with van der Waals surface area (Å²) in [6.07, 6.45) is 2.16. The first kappa shape index (κ1) is 22.6. The second-order valence-electron chi connectivity index (χ2n) is 8.07. The molecule has 0 N–H and O–H groups in total. The van der Waals surface area contributed by atoms with Crippen LogP contribution < -0.4 is 9.47 Å². The predicted octanol–water partition coefficient (Wildman–Crippen LogP) is 5.60. The fraction of sp³-hybridized carbons (Fsp3) is 0.360. The summed E-state index contributed by atoms with van der Waals surface area (Å²) in [6.45, 7) is 5.95. The number of aromatic nitrogens is 1. The van der Waals surface area contributed by atoms with E-state index in [4.69, 9.17) is 21.1 Å². The van der Waals surface area contributed by atoms with Gasteiger partial charge in [-0.15, -0.1) is 11.3 Å². The lowest BCUT2D eigenvalue weighted by Crippen LogP contribution is -2.42. The van der Waals surface area contributed by atoms with E-state index in [1.165, 1.54) is 11.3 Å². The Labute approximate surface area is 198 Å². The highest BCUT2D eigenvalue weighted by Gasteiger charge is 2.25. The van der Waals surface area contributed by atoms with E-state index >= 15 is 0 Å². The number of ether oxygens (including phenoxy) is 2. The number of thiazole rings is 1. The Morgan fingerprint density at radius 2 is 1.81 bits per heavy atom. The number of para-hydroxylation sites is 1. The molecule has 1 aliphatic rings. The summed E-state index contributed by atoms with van der Waals surface area (Å²) in [5, 5.41) is 3.46. The van der Waals surface area contributed by atoms with E-state index in [-0.39, 0.29) is 12.0 Å². The van der Waals surface area contributed by atoms with E-state index in [9.17, 15) is 4.79 Å². The molecule has 32 heavy (non-hydrogen) atoms. The molecule has 5 nitrogen and oxygen atoms in total. The standard InChI is InChI=1S/C25H27ClN2O3S/c1-17-4-3-5-18(2)25(17)31-22-10-12-28(13-11-22)24(29)14-20-16-32-23(27-20)15-30-21-8-6-19(26)7-9-21/h3-9,16,22H,10-15H2,1-2H3. The van der Waals surface area contributed by atoms with Crippen LogP contribution in [0.25, 0.3) is 0 Å². The average Bonchev–Trinajstić information content (AvgIpc) is 3.23. The highest BCUT2D eigenvalue weighted by molar-refractivity contribution is 7.09. The minimum Gasteiger partial charge on any atom is -0.490 e. The number of halogens is 1. The maximum absolute atomic E-state index is 12.8. The number of rotatable bonds is 7. The molecule has 0 radical (unpaired) electrons. The van der Waals surface area contributed by atoms with Crippen LogP contribution in [0.1, 0.15) is 34.7 Å². The van der Waals surface area contributed by atoms with Crippen LogP contribution in [0.4, 0.5) is 0 Å². The number of aryl methyl sites for hydroxylation is 2. The maximum atomic E-state index is 12.8. The minimum atomic E-state index is 0.117. The number of hydrogen-bond acceptors (Lipinski definition) is 5. The van der Waals surface area contributed by atoms with Crippen molar-refractivity contribution >= 4 is 28.8 Å². The normalized spacial score (nSPS) is 14.4. The molecule has 1 aliphatic heterocycles. The molecule has 4 rings (SSSR count). The molecule has 1 fully saturated rings.